The number of carbonyl (C=O) groups excluding carboxylic acids is 1. The van der Waals surface area contributed by atoms with Gasteiger partial charge in [-0.2, -0.15) is 0 Å². The molecule has 8 heteroatoms. The molecule has 0 saturated heterocycles. The fourth-order valence-electron chi connectivity index (χ4n) is 1.46. The van der Waals surface area contributed by atoms with Crippen LogP contribution in [0, 0.1) is 17.5 Å². The van der Waals surface area contributed by atoms with Crippen LogP contribution in [0.2, 0.25) is 0 Å². The summed E-state index contributed by atoms with van der Waals surface area (Å²) in [4.78, 5) is 11.6. The van der Waals surface area contributed by atoms with Crippen LogP contribution in [0.25, 0.3) is 0 Å². The maximum absolute atomic E-state index is 13.3. The van der Waals surface area contributed by atoms with Gasteiger partial charge in [-0.05, 0) is 46.3 Å². The van der Waals surface area contributed by atoms with Crippen molar-refractivity contribution in [2.45, 2.75) is 0 Å². The molecule has 21 heavy (non-hydrogen) atoms. The molecule has 110 valence electrons. The number of hydrogen-bond acceptors (Lipinski definition) is 2. The van der Waals surface area contributed by atoms with Crippen LogP contribution in [0.15, 0.2) is 40.9 Å². The van der Waals surface area contributed by atoms with Crippen LogP contribution in [0.5, 0.6) is 0 Å². The number of urea groups is 1. The van der Waals surface area contributed by atoms with Gasteiger partial charge in [-0.25, -0.2) is 18.0 Å². The lowest BCUT2D eigenvalue weighted by Gasteiger charge is -2.11. The molecule has 2 amide bonds. The van der Waals surface area contributed by atoms with Crippen molar-refractivity contribution in [1.82, 2.24) is 5.43 Å². The van der Waals surface area contributed by atoms with Crippen LogP contribution < -0.4 is 16.2 Å². The second-order valence-electron chi connectivity index (χ2n) is 3.95. The lowest BCUT2D eigenvalue weighted by atomic mass is 10.3. The summed E-state index contributed by atoms with van der Waals surface area (Å²) in [5.74, 6) is -2.08. The number of hydrogen-bond donors (Lipinski definition) is 3. The van der Waals surface area contributed by atoms with Gasteiger partial charge < -0.3 is 5.32 Å². The van der Waals surface area contributed by atoms with E-state index < -0.39 is 23.5 Å². The third kappa shape index (κ3) is 4.12. The number of nitrogens with one attached hydrogen (secondary N) is 3. The van der Waals surface area contributed by atoms with E-state index in [2.05, 4.69) is 32.1 Å². The maximum atomic E-state index is 13.3. The van der Waals surface area contributed by atoms with Gasteiger partial charge in [-0.1, -0.05) is 0 Å². The van der Waals surface area contributed by atoms with Crippen molar-refractivity contribution in [1.29, 1.82) is 0 Å². The van der Waals surface area contributed by atoms with Gasteiger partial charge in [0.2, 0.25) is 0 Å². The largest absolute Gasteiger partial charge is 0.337 e. The molecule has 0 aliphatic rings. The zero-order valence-corrected chi connectivity index (χ0v) is 12.0. The molecule has 4 nitrogen and oxygen atoms in total. The average molecular weight is 360 g/mol. The summed E-state index contributed by atoms with van der Waals surface area (Å²) < 4.78 is 39.3. The number of halogens is 4. The minimum Gasteiger partial charge on any atom is -0.304 e. The predicted molar refractivity (Wildman–Crippen MR) is 76.2 cm³/mol. The van der Waals surface area contributed by atoms with E-state index in [9.17, 15) is 18.0 Å². The van der Waals surface area contributed by atoms with Gasteiger partial charge in [0.05, 0.1) is 11.4 Å². The Hall–Kier alpha value is -2.22. The highest BCUT2D eigenvalue weighted by molar-refractivity contribution is 9.10. The first-order valence-electron chi connectivity index (χ1n) is 5.69. The third-order valence-corrected chi connectivity index (χ3v) is 3.08. The Labute approximate surface area is 126 Å². The first-order valence-corrected chi connectivity index (χ1v) is 6.48. The van der Waals surface area contributed by atoms with Crippen molar-refractivity contribution in [3.8, 4) is 0 Å². The fraction of sp³-hybridized carbons (Fsp3) is 0. The van der Waals surface area contributed by atoms with Crippen LogP contribution >= 0.6 is 15.9 Å². The Balaban J connectivity index is 1.96. The lowest BCUT2D eigenvalue weighted by molar-refractivity contribution is 0.253. The minimum absolute atomic E-state index is 0.172. The fourth-order valence-corrected chi connectivity index (χ4v) is 1.91. The summed E-state index contributed by atoms with van der Waals surface area (Å²) in [5, 5.41) is 2.19. The number of amides is 2. The number of carbonyl (C=O) groups is 1. The van der Waals surface area contributed by atoms with Crippen LogP contribution in [0.1, 0.15) is 0 Å². The molecule has 0 fully saturated rings. The van der Waals surface area contributed by atoms with Crippen LogP contribution in [-0.2, 0) is 0 Å². The Bertz CT molecular complexity index is 682. The van der Waals surface area contributed by atoms with Gasteiger partial charge in [0, 0.05) is 10.5 Å². The molecule has 2 aromatic rings. The third-order valence-electron chi connectivity index (χ3n) is 2.42. The van der Waals surface area contributed by atoms with E-state index in [0.717, 1.165) is 12.1 Å². The molecule has 3 N–H and O–H groups in total. The minimum atomic E-state index is -0.895. The SMILES string of the molecule is O=C(NNc1ccc(F)cc1Br)Nc1ccc(F)cc1F. The van der Waals surface area contributed by atoms with Crippen LogP contribution in [-0.4, -0.2) is 6.03 Å². The molecule has 0 spiro atoms. The van der Waals surface area contributed by atoms with E-state index in [1.165, 1.54) is 18.2 Å². The summed E-state index contributed by atoms with van der Waals surface area (Å²) in [6.07, 6.45) is 0. The number of anilines is 2. The number of hydrazine groups is 1. The van der Waals surface area contributed by atoms with E-state index in [0.29, 0.717) is 16.2 Å². The Morgan fingerprint density at radius 1 is 0.952 bits per heavy atom. The molecule has 2 aromatic carbocycles. The predicted octanol–water partition coefficient (Wildman–Crippen LogP) is 4.02. The average Bonchev–Trinajstić information content (AvgIpc) is 2.41. The Kier molecular flexibility index (Phi) is 4.69. The van der Waals surface area contributed by atoms with Gasteiger partial charge >= 0.3 is 6.03 Å². The van der Waals surface area contributed by atoms with Crippen molar-refractivity contribution in [3.63, 3.8) is 0 Å². The normalized spacial score (nSPS) is 10.1. The van der Waals surface area contributed by atoms with E-state index in [-0.39, 0.29) is 5.69 Å². The zero-order chi connectivity index (χ0) is 15.4. The smallest absolute Gasteiger partial charge is 0.304 e. The second-order valence-corrected chi connectivity index (χ2v) is 4.81. The zero-order valence-electron chi connectivity index (χ0n) is 10.4. The molecule has 0 aliphatic carbocycles. The topological polar surface area (TPSA) is 53.2 Å². The first kappa shape index (κ1) is 15.2. The summed E-state index contributed by atoms with van der Waals surface area (Å²) in [5.41, 5.74) is 4.99. The first-order chi connectivity index (χ1) is 9.95. The molecular weight excluding hydrogens is 351 g/mol. The molecule has 0 atom stereocenters. The van der Waals surface area contributed by atoms with Gasteiger partial charge in [0.15, 0.2) is 0 Å². The molecule has 0 aliphatic heterocycles. The van der Waals surface area contributed by atoms with E-state index >= 15 is 0 Å². The van der Waals surface area contributed by atoms with Gasteiger partial charge in [0.25, 0.3) is 0 Å². The van der Waals surface area contributed by atoms with Gasteiger partial charge in [-0.3, -0.25) is 10.9 Å². The highest BCUT2D eigenvalue weighted by atomic mass is 79.9. The Morgan fingerprint density at radius 3 is 2.19 bits per heavy atom. The molecule has 2 rings (SSSR count). The maximum Gasteiger partial charge on any atom is 0.337 e. The van der Waals surface area contributed by atoms with Crippen LogP contribution in [0.4, 0.5) is 29.3 Å². The number of rotatable bonds is 3. The molecule has 0 heterocycles. The Morgan fingerprint density at radius 2 is 1.57 bits per heavy atom. The van der Waals surface area contributed by atoms with Gasteiger partial charge in [0.1, 0.15) is 17.5 Å². The van der Waals surface area contributed by atoms with E-state index in [4.69, 9.17) is 0 Å². The summed E-state index contributed by atoms with van der Waals surface area (Å²) in [6.45, 7) is 0. The molecule has 0 bridgehead atoms. The standard InChI is InChI=1S/C13H9BrF3N3O/c14-9-5-7(15)1-3-11(9)19-20-13(21)18-12-4-2-8(16)6-10(12)17/h1-6,19H,(H2,18,20,21). The molecule has 0 saturated carbocycles. The van der Waals surface area contributed by atoms with E-state index in [1.54, 1.807) is 0 Å². The summed E-state index contributed by atoms with van der Waals surface area (Å²) >= 11 is 3.11. The van der Waals surface area contributed by atoms with Crippen LogP contribution in [0.3, 0.4) is 0 Å². The summed E-state index contributed by atoms with van der Waals surface area (Å²) in [6, 6.07) is 5.81. The van der Waals surface area contributed by atoms with Crippen molar-refractivity contribution < 1.29 is 18.0 Å². The second kappa shape index (κ2) is 6.49. The van der Waals surface area contributed by atoms with Crippen molar-refractivity contribution in [2.24, 2.45) is 0 Å². The monoisotopic (exact) mass is 359 g/mol. The van der Waals surface area contributed by atoms with Crippen molar-refractivity contribution >= 4 is 33.3 Å². The lowest BCUT2D eigenvalue weighted by Crippen LogP contribution is -2.34. The summed E-state index contributed by atoms with van der Waals surface area (Å²) in [7, 11) is 0. The molecule has 0 radical (unpaired) electrons. The number of benzene rings is 2. The van der Waals surface area contributed by atoms with E-state index in [1.807, 2.05) is 0 Å². The molecule has 0 aromatic heterocycles. The highest BCUT2D eigenvalue weighted by Gasteiger charge is 2.08. The highest BCUT2D eigenvalue weighted by Crippen LogP contribution is 2.22. The molecular formula is C13H9BrF3N3O. The van der Waals surface area contributed by atoms with Gasteiger partial charge in [-0.15, -0.1) is 0 Å². The molecule has 0 unspecified atom stereocenters. The van der Waals surface area contributed by atoms with Crippen molar-refractivity contribution in [2.75, 3.05) is 10.7 Å². The quantitative estimate of drug-likeness (QED) is 0.725. The van der Waals surface area contributed by atoms with Crippen molar-refractivity contribution in [3.05, 3.63) is 58.3 Å².